The van der Waals surface area contributed by atoms with Gasteiger partial charge in [-0.25, -0.2) is 5.84 Å². The van der Waals surface area contributed by atoms with Gasteiger partial charge in [0.1, 0.15) is 0 Å². The maximum atomic E-state index is 6.27. The summed E-state index contributed by atoms with van der Waals surface area (Å²) in [6, 6.07) is 12.3. The van der Waals surface area contributed by atoms with Crippen molar-refractivity contribution in [2.45, 2.75) is 18.9 Å². The number of rotatable bonds is 8. The summed E-state index contributed by atoms with van der Waals surface area (Å²) in [4.78, 5) is 5.99. The molecule has 1 unspecified atom stereocenters. The van der Waals surface area contributed by atoms with Crippen LogP contribution in [-0.2, 0) is 6.42 Å². The van der Waals surface area contributed by atoms with E-state index in [1.54, 1.807) is 13.3 Å². The van der Waals surface area contributed by atoms with Crippen molar-refractivity contribution in [2.75, 3.05) is 33.9 Å². The van der Waals surface area contributed by atoms with Gasteiger partial charge in [0.25, 0.3) is 0 Å². The number of H-pyrrole nitrogens is 1. The van der Waals surface area contributed by atoms with Gasteiger partial charge in [-0.15, -0.1) is 0 Å². The molecule has 0 saturated carbocycles. The van der Waals surface area contributed by atoms with Crippen LogP contribution in [0.15, 0.2) is 48.8 Å². The summed E-state index contributed by atoms with van der Waals surface area (Å²) in [5.41, 5.74) is 10.2. The molecule has 3 aromatic rings. The van der Waals surface area contributed by atoms with Gasteiger partial charge in [-0.1, -0.05) is 17.7 Å². The maximum absolute atomic E-state index is 6.27. The maximum Gasteiger partial charge on any atom is 0.161 e. The number of halogens is 1. The molecule has 2 aromatic carbocycles. The molecule has 1 aromatic heterocycles. The molecule has 32 heavy (non-hydrogen) atoms. The molecule has 2 heterocycles. The highest BCUT2D eigenvalue weighted by atomic mass is 35.5. The van der Waals surface area contributed by atoms with Crippen LogP contribution in [0.5, 0.6) is 11.5 Å². The van der Waals surface area contributed by atoms with Gasteiger partial charge in [0, 0.05) is 53.5 Å². The number of hydrogen-bond acceptors (Lipinski definition) is 6. The van der Waals surface area contributed by atoms with Gasteiger partial charge in [0.2, 0.25) is 0 Å². The van der Waals surface area contributed by atoms with Crippen LogP contribution in [0, 0.1) is 0 Å². The van der Waals surface area contributed by atoms with Gasteiger partial charge < -0.3 is 25.2 Å². The summed E-state index contributed by atoms with van der Waals surface area (Å²) in [5.74, 6) is 7.22. The molecule has 0 spiro atoms. The van der Waals surface area contributed by atoms with E-state index in [0.717, 1.165) is 41.2 Å². The Kier molecular flexibility index (Phi) is 6.79. The van der Waals surface area contributed by atoms with Gasteiger partial charge in [0.05, 0.1) is 19.8 Å². The third-order valence-electron chi connectivity index (χ3n) is 5.93. The van der Waals surface area contributed by atoms with E-state index in [9.17, 15) is 0 Å². The Morgan fingerprint density at radius 1 is 1.25 bits per heavy atom. The third kappa shape index (κ3) is 4.50. The molecule has 0 saturated heterocycles. The summed E-state index contributed by atoms with van der Waals surface area (Å²) < 4.78 is 11.6. The Balaban J connectivity index is 1.57. The van der Waals surface area contributed by atoms with Crippen LogP contribution in [0.4, 0.5) is 0 Å². The number of benzene rings is 2. The lowest BCUT2D eigenvalue weighted by Gasteiger charge is -2.33. The molecule has 1 aliphatic heterocycles. The summed E-state index contributed by atoms with van der Waals surface area (Å²) in [5, 5.41) is 3.50. The predicted octanol–water partition coefficient (Wildman–Crippen LogP) is 3.78. The Morgan fingerprint density at radius 3 is 2.88 bits per heavy atom. The Hall–Kier alpha value is -2.87. The average Bonchev–Trinajstić information content (AvgIpc) is 3.14. The number of methoxy groups -OCH3 is 1. The van der Waals surface area contributed by atoms with Crippen molar-refractivity contribution >= 4 is 22.5 Å². The molecule has 1 aliphatic rings. The topological polar surface area (TPSA) is 92.8 Å². The predicted molar refractivity (Wildman–Crippen MR) is 129 cm³/mol. The highest BCUT2D eigenvalue weighted by molar-refractivity contribution is 6.31. The number of nitrogens with two attached hydrogens (primary N) is 2. The number of aromatic amines is 1. The molecule has 8 heteroatoms. The number of ether oxygens (including phenoxy) is 2. The van der Waals surface area contributed by atoms with E-state index in [4.69, 9.17) is 32.7 Å². The molecule has 0 bridgehead atoms. The van der Waals surface area contributed by atoms with E-state index >= 15 is 0 Å². The zero-order valence-corrected chi connectivity index (χ0v) is 19.2. The van der Waals surface area contributed by atoms with Gasteiger partial charge in [-0.3, -0.25) is 4.90 Å². The van der Waals surface area contributed by atoms with Crippen molar-refractivity contribution in [3.05, 3.63) is 70.6 Å². The van der Waals surface area contributed by atoms with E-state index in [0.29, 0.717) is 18.9 Å². The van der Waals surface area contributed by atoms with Gasteiger partial charge in [-0.2, -0.15) is 0 Å². The second-order valence-corrected chi connectivity index (χ2v) is 8.47. The van der Waals surface area contributed by atoms with Crippen molar-refractivity contribution in [1.82, 2.24) is 14.9 Å². The van der Waals surface area contributed by atoms with Gasteiger partial charge in [-0.05, 0) is 54.9 Å². The number of nitrogens with zero attached hydrogens (tertiary/aromatic N) is 2. The zero-order chi connectivity index (χ0) is 22.7. The van der Waals surface area contributed by atoms with Crippen LogP contribution in [0.25, 0.3) is 10.9 Å². The monoisotopic (exact) mass is 455 g/mol. The van der Waals surface area contributed by atoms with E-state index < -0.39 is 0 Å². The zero-order valence-electron chi connectivity index (χ0n) is 18.5. The van der Waals surface area contributed by atoms with Crippen molar-refractivity contribution in [1.29, 1.82) is 0 Å². The molecule has 0 aliphatic carbocycles. The van der Waals surface area contributed by atoms with E-state index in [-0.39, 0.29) is 6.04 Å². The summed E-state index contributed by atoms with van der Waals surface area (Å²) >= 11 is 6.27. The molecule has 0 radical (unpaired) electrons. The minimum Gasteiger partial charge on any atom is -0.493 e. The number of aromatic nitrogens is 1. The van der Waals surface area contributed by atoms with Crippen LogP contribution in [0.1, 0.15) is 29.3 Å². The summed E-state index contributed by atoms with van der Waals surface area (Å²) in [6.07, 6.45) is 4.79. The SMILES string of the molecule is COc1cc(C2c3[nH]c4ccc(Cl)cc4c3CCN2C)ccc1OCCCN(N)/C=C\N. The molecule has 170 valence electrons. The molecule has 0 fully saturated rings. The molecule has 4 rings (SSSR count). The molecule has 1 atom stereocenters. The second-order valence-electron chi connectivity index (χ2n) is 8.03. The first-order chi connectivity index (χ1) is 15.5. The fourth-order valence-corrected chi connectivity index (χ4v) is 4.56. The Morgan fingerprint density at radius 2 is 2.09 bits per heavy atom. The van der Waals surface area contributed by atoms with Gasteiger partial charge in [0.15, 0.2) is 11.5 Å². The smallest absolute Gasteiger partial charge is 0.161 e. The quantitative estimate of drug-likeness (QED) is 0.272. The molecule has 7 nitrogen and oxygen atoms in total. The fraction of sp³-hybridized carbons (Fsp3) is 0.333. The van der Waals surface area contributed by atoms with Crippen molar-refractivity contribution in [3.8, 4) is 11.5 Å². The molecule has 0 amide bonds. The average molecular weight is 456 g/mol. The number of fused-ring (bicyclic) bond motifs is 3. The number of likely N-dealkylation sites (N-methyl/N-ethyl adjacent to an activating group) is 1. The Labute approximate surface area is 193 Å². The highest BCUT2D eigenvalue weighted by Gasteiger charge is 2.30. The lowest BCUT2D eigenvalue weighted by Crippen LogP contribution is -2.32. The van der Waals surface area contributed by atoms with Crippen LogP contribution < -0.4 is 21.1 Å². The Bertz CT molecular complexity index is 1110. The first-order valence-electron chi connectivity index (χ1n) is 10.7. The largest absolute Gasteiger partial charge is 0.493 e. The third-order valence-corrected chi connectivity index (χ3v) is 6.16. The fourth-order valence-electron chi connectivity index (χ4n) is 4.39. The van der Waals surface area contributed by atoms with Crippen LogP contribution in [0.2, 0.25) is 5.02 Å². The minimum atomic E-state index is 0.0988. The second kappa shape index (κ2) is 9.73. The molecule has 5 N–H and O–H groups in total. The first kappa shape index (κ1) is 22.3. The summed E-state index contributed by atoms with van der Waals surface area (Å²) in [6.45, 7) is 2.14. The van der Waals surface area contributed by atoms with Crippen molar-refractivity contribution < 1.29 is 9.47 Å². The van der Waals surface area contributed by atoms with E-state index in [1.807, 2.05) is 12.1 Å². The highest BCUT2D eigenvalue weighted by Crippen LogP contribution is 2.40. The normalized spacial score (nSPS) is 16.4. The number of hydrazine groups is 1. The summed E-state index contributed by atoms with van der Waals surface area (Å²) in [7, 11) is 3.82. The van der Waals surface area contributed by atoms with Crippen LogP contribution in [0.3, 0.4) is 0 Å². The van der Waals surface area contributed by atoms with Crippen LogP contribution in [-0.4, -0.2) is 48.7 Å². The number of hydrogen-bond donors (Lipinski definition) is 3. The van der Waals surface area contributed by atoms with Crippen LogP contribution >= 0.6 is 11.6 Å². The van der Waals surface area contributed by atoms with E-state index in [2.05, 4.69) is 41.2 Å². The first-order valence-corrected chi connectivity index (χ1v) is 11.1. The molecular formula is C24H30ClN5O2. The standard InChI is InChI=1S/C24H30ClN5O2/c1-29-11-8-18-19-15-17(25)5-6-20(19)28-23(18)24(29)16-4-7-21(22(14-16)31-2)32-13-3-10-30(27)12-9-26/h4-7,9,12,14-15,24,28H,3,8,10-11,13,26-27H2,1-2H3/b12-9-. The van der Waals surface area contributed by atoms with Crippen molar-refractivity contribution in [3.63, 3.8) is 0 Å². The number of nitrogens with one attached hydrogen (secondary N) is 1. The van der Waals surface area contributed by atoms with E-state index in [1.165, 1.54) is 27.9 Å². The molecular weight excluding hydrogens is 426 g/mol. The lowest BCUT2D eigenvalue weighted by molar-refractivity contribution is 0.256. The van der Waals surface area contributed by atoms with Crippen molar-refractivity contribution in [2.24, 2.45) is 11.6 Å². The van der Waals surface area contributed by atoms with Gasteiger partial charge >= 0.3 is 0 Å². The minimum absolute atomic E-state index is 0.0988. The lowest BCUT2D eigenvalue weighted by atomic mass is 9.92.